The van der Waals surface area contributed by atoms with E-state index in [2.05, 4.69) is 19.2 Å². The molecule has 3 rings (SSSR count). The molecular weight excluding hydrogens is 194 g/mol. The van der Waals surface area contributed by atoms with Crippen LogP contribution in [0.3, 0.4) is 0 Å². The van der Waals surface area contributed by atoms with E-state index >= 15 is 0 Å². The van der Waals surface area contributed by atoms with E-state index in [1.165, 1.54) is 32.1 Å². The predicted molar refractivity (Wildman–Crippen MR) is 70.2 cm³/mol. The zero-order chi connectivity index (χ0) is 11.7. The number of dihydropyridines is 1. The summed E-state index contributed by atoms with van der Waals surface area (Å²) in [6, 6.07) is 0.703. The molecule has 0 radical (unpaired) electrons. The van der Waals surface area contributed by atoms with Gasteiger partial charge in [-0.05, 0) is 68.6 Å². The van der Waals surface area contributed by atoms with Gasteiger partial charge in [0.15, 0.2) is 0 Å². The largest absolute Gasteiger partial charge is 0.381 e. The fraction of sp³-hybridized carbons (Fsp3) is 0.733. The molecule has 0 aromatic carbocycles. The Morgan fingerprint density at radius 1 is 1.00 bits per heavy atom. The first-order chi connectivity index (χ1) is 7.77. The molecule has 2 aliphatic carbocycles. The first kappa shape index (κ1) is 11.8. The van der Waals surface area contributed by atoms with Crippen molar-refractivity contribution in [3.8, 4) is 0 Å². The summed E-state index contributed by atoms with van der Waals surface area (Å²) in [6.07, 6.45) is 6.90. The Labute approximate surface area is 100 Å². The van der Waals surface area contributed by atoms with Crippen LogP contribution in [-0.2, 0) is 0 Å². The number of rotatable bonds is 1. The molecule has 2 saturated carbocycles. The minimum atomic E-state index is 0.703. The first-order valence-electron chi connectivity index (χ1n) is 6.94. The number of hydrogen-bond donors (Lipinski definition) is 1. The molecule has 0 saturated heterocycles. The summed E-state index contributed by atoms with van der Waals surface area (Å²) >= 11 is 0. The third-order valence-electron chi connectivity index (χ3n) is 4.12. The highest BCUT2D eigenvalue weighted by Gasteiger charge is 2.35. The lowest BCUT2D eigenvalue weighted by molar-refractivity contribution is 0.599. The highest BCUT2D eigenvalue weighted by molar-refractivity contribution is 5.44. The second-order valence-corrected chi connectivity index (χ2v) is 5.05. The number of fused-ring (bicyclic) bond motifs is 1. The van der Waals surface area contributed by atoms with Crippen molar-refractivity contribution in [2.45, 2.75) is 65.8 Å². The van der Waals surface area contributed by atoms with Gasteiger partial charge in [0.05, 0.1) is 0 Å². The van der Waals surface area contributed by atoms with Crippen molar-refractivity contribution in [2.75, 3.05) is 0 Å². The molecule has 1 N–H and O–H groups in total. The topological polar surface area (TPSA) is 12.0 Å². The van der Waals surface area contributed by atoms with Crippen LogP contribution >= 0.6 is 0 Å². The Hall–Kier alpha value is -0.720. The van der Waals surface area contributed by atoms with Crippen LogP contribution < -0.4 is 5.32 Å². The van der Waals surface area contributed by atoms with Gasteiger partial charge in [0.1, 0.15) is 0 Å². The van der Waals surface area contributed by atoms with Crippen molar-refractivity contribution < 1.29 is 0 Å². The molecule has 16 heavy (non-hydrogen) atoms. The van der Waals surface area contributed by atoms with Crippen LogP contribution in [0.4, 0.5) is 0 Å². The lowest BCUT2D eigenvalue weighted by Gasteiger charge is -2.28. The fourth-order valence-electron chi connectivity index (χ4n) is 2.99. The monoisotopic (exact) mass is 219 g/mol. The van der Waals surface area contributed by atoms with E-state index in [0.717, 1.165) is 5.92 Å². The summed E-state index contributed by atoms with van der Waals surface area (Å²) in [5, 5.41) is 3.78. The van der Waals surface area contributed by atoms with Gasteiger partial charge in [0.25, 0.3) is 0 Å². The third kappa shape index (κ3) is 1.92. The molecule has 3 aliphatic rings. The smallest absolute Gasteiger partial charge is 0.0476 e. The van der Waals surface area contributed by atoms with Gasteiger partial charge in [0, 0.05) is 11.7 Å². The van der Waals surface area contributed by atoms with Crippen LogP contribution in [0, 0.1) is 5.92 Å². The first-order valence-corrected chi connectivity index (χ1v) is 6.94. The summed E-state index contributed by atoms with van der Waals surface area (Å²) in [6.45, 7) is 8.63. The molecule has 90 valence electrons. The maximum Gasteiger partial charge on any atom is 0.0476 e. The second-order valence-electron chi connectivity index (χ2n) is 5.05. The van der Waals surface area contributed by atoms with E-state index in [1.54, 1.807) is 22.4 Å². The normalized spacial score (nSPS) is 28.4. The van der Waals surface area contributed by atoms with E-state index in [4.69, 9.17) is 0 Å². The summed E-state index contributed by atoms with van der Waals surface area (Å²) < 4.78 is 0. The zero-order valence-electron chi connectivity index (χ0n) is 11.2. The molecule has 0 spiro atoms. The Balaban J connectivity index is 0.000000457. The lowest BCUT2D eigenvalue weighted by atomic mass is 9.92. The molecule has 0 aromatic heterocycles. The van der Waals surface area contributed by atoms with Gasteiger partial charge in [-0.25, -0.2) is 0 Å². The fourth-order valence-corrected chi connectivity index (χ4v) is 2.99. The Morgan fingerprint density at radius 3 is 2.31 bits per heavy atom. The van der Waals surface area contributed by atoms with Crippen molar-refractivity contribution in [1.29, 1.82) is 0 Å². The summed E-state index contributed by atoms with van der Waals surface area (Å²) in [4.78, 5) is 0. The highest BCUT2D eigenvalue weighted by Crippen LogP contribution is 2.43. The van der Waals surface area contributed by atoms with E-state index < -0.39 is 0 Å². The molecule has 0 bridgehead atoms. The maximum atomic E-state index is 3.78. The molecule has 0 aromatic rings. The Kier molecular flexibility index (Phi) is 3.41. The third-order valence-corrected chi connectivity index (χ3v) is 4.12. The SMILES string of the molecule is CC.CC1=C(C2CC2)NC2CCCC2=C1C. The predicted octanol–water partition coefficient (Wildman–Crippen LogP) is 4.17. The number of allylic oxidation sites excluding steroid dienone is 3. The molecule has 0 amide bonds. The summed E-state index contributed by atoms with van der Waals surface area (Å²) in [5.41, 5.74) is 6.44. The lowest BCUT2D eigenvalue weighted by Crippen LogP contribution is -2.32. The van der Waals surface area contributed by atoms with Gasteiger partial charge in [0.2, 0.25) is 0 Å². The maximum absolute atomic E-state index is 3.78. The van der Waals surface area contributed by atoms with Gasteiger partial charge in [-0.2, -0.15) is 0 Å². The highest BCUT2D eigenvalue weighted by atomic mass is 15.0. The van der Waals surface area contributed by atoms with Gasteiger partial charge in [-0.3, -0.25) is 0 Å². The van der Waals surface area contributed by atoms with Crippen LogP contribution in [0.2, 0.25) is 0 Å². The van der Waals surface area contributed by atoms with Crippen LogP contribution in [0.25, 0.3) is 0 Å². The van der Waals surface area contributed by atoms with Gasteiger partial charge < -0.3 is 5.32 Å². The number of nitrogens with one attached hydrogen (secondary N) is 1. The van der Waals surface area contributed by atoms with Crippen LogP contribution in [0.5, 0.6) is 0 Å². The average molecular weight is 219 g/mol. The van der Waals surface area contributed by atoms with Crippen LogP contribution in [-0.4, -0.2) is 6.04 Å². The zero-order valence-corrected chi connectivity index (χ0v) is 11.2. The Bertz CT molecular complexity index is 329. The molecule has 1 heterocycles. The molecule has 1 nitrogen and oxygen atoms in total. The van der Waals surface area contributed by atoms with Crippen molar-refractivity contribution >= 4 is 0 Å². The van der Waals surface area contributed by atoms with Gasteiger partial charge in [-0.15, -0.1) is 0 Å². The van der Waals surface area contributed by atoms with Crippen molar-refractivity contribution in [1.82, 2.24) is 5.32 Å². The van der Waals surface area contributed by atoms with Crippen molar-refractivity contribution in [3.05, 3.63) is 22.4 Å². The average Bonchev–Trinajstić information content (AvgIpc) is 3.05. The second kappa shape index (κ2) is 4.65. The number of hydrogen-bond acceptors (Lipinski definition) is 1. The van der Waals surface area contributed by atoms with Crippen LogP contribution in [0.15, 0.2) is 22.4 Å². The van der Waals surface area contributed by atoms with Gasteiger partial charge in [-0.1, -0.05) is 13.8 Å². The molecule has 2 fully saturated rings. The van der Waals surface area contributed by atoms with E-state index in [-0.39, 0.29) is 0 Å². The van der Waals surface area contributed by atoms with E-state index in [9.17, 15) is 0 Å². The minimum Gasteiger partial charge on any atom is -0.381 e. The molecule has 1 heteroatoms. The van der Waals surface area contributed by atoms with Crippen molar-refractivity contribution in [3.63, 3.8) is 0 Å². The molecule has 1 aliphatic heterocycles. The standard InChI is InChI=1S/C13H19N.C2H6/c1-8-9(2)13(10-6-7-10)14-12-5-3-4-11(8)12;1-2/h10,12,14H,3-7H2,1-2H3;1-2H3. The van der Waals surface area contributed by atoms with E-state index in [0.29, 0.717) is 6.04 Å². The molecule has 1 unspecified atom stereocenters. The molecule has 1 atom stereocenters. The quantitative estimate of drug-likeness (QED) is 0.698. The van der Waals surface area contributed by atoms with Gasteiger partial charge >= 0.3 is 0 Å². The summed E-state index contributed by atoms with van der Waals surface area (Å²) in [5.74, 6) is 0.882. The molecular formula is C15H25N. The van der Waals surface area contributed by atoms with E-state index in [1.807, 2.05) is 13.8 Å². The Morgan fingerprint density at radius 2 is 1.69 bits per heavy atom. The van der Waals surface area contributed by atoms with Crippen LogP contribution in [0.1, 0.15) is 59.8 Å². The van der Waals surface area contributed by atoms with Crippen molar-refractivity contribution in [2.24, 2.45) is 5.92 Å². The summed E-state index contributed by atoms with van der Waals surface area (Å²) in [7, 11) is 0. The minimum absolute atomic E-state index is 0.703.